The Labute approximate surface area is 182 Å². The summed E-state index contributed by atoms with van der Waals surface area (Å²) in [6.45, 7) is 1.75. The lowest BCUT2D eigenvalue weighted by Crippen LogP contribution is -2.46. The van der Waals surface area contributed by atoms with Crippen LogP contribution in [0.25, 0.3) is 5.69 Å². The Morgan fingerprint density at radius 1 is 1.26 bits per heavy atom. The number of hydrogen-bond donors (Lipinski definition) is 1. The Morgan fingerprint density at radius 3 is 2.71 bits per heavy atom. The summed E-state index contributed by atoms with van der Waals surface area (Å²) in [4.78, 5) is 38.3. The van der Waals surface area contributed by atoms with Crippen molar-refractivity contribution < 1.29 is 14.6 Å². The number of hydrogen-bond acceptors (Lipinski definition) is 5. The van der Waals surface area contributed by atoms with Crippen molar-refractivity contribution in [1.82, 2.24) is 14.3 Å². The van der Waals surface area contributed by atoms with E-state index in [2.05, 4.69) is 5.10 Å². The molecule has 0 bridgehead atoms. The van der Waals surface area contributed by atoms with E-state index >= 15 is 0 Å². The number of ether oxygens (including phenoxy) is 1. The number of rotatable bonds is 4. The lowest BCUT2D eigenvalue weighted by molar-refractivity contribution is 0.0684. The molecule has 0 amide bonds. The maximum Gasteiger partial charge on any atom is 0.362 e. The molecule has 1 aliphatic carbocycles. The molecule has 1 unspecified atom stereocenters. The molecule has 8 nitrogen and oxygen atoms in total. The van der Waals surface area contributed by atoms with Crippen LogP contribution in [-0.4, -0.2) is 32.5 Å². The van der Waals surface area contributed by atoms with Crippen molar-refractivity contribution in [3.63, 3.8) is 0 Å². The molecule has 4 rings (SSSR count). The predicted molar refractivity (Wildman–Crippen MR) is 115 cm³/mol. The average molecular weight is 442 g/mol. The molecule has 0 spiro atoms. The highest BCUT2D eigenvalue weighted by Crippen LogP contribution is 2.35. The third kappa shape index (κ3) is 3.53. The van der Waals surface area contributed by atoms with Crippen molar-refractivity contribution in [3.8, 4) is 11.4 Å². The molecule has 0 saturated carbocycles. The summed E-state index contributed by atoms with van der Waals surface area (Å²) in [7, 11) is 1.52. The van der Waals surface area contributed by atoms with Gasteiger partial charge in [-0.05, 0) is 67.1 Å². The first kappa shape index (κ1) is 20.9. The van der Waals surface area contributed by atoms with E-state index in [-0.39, 0.29) is 0 Å². The minimum atomic E-state index is -1.50. The number of fused-ring (bicyclic) bond motifs is 1. The van der Waals surface area contributed by atoms with E-state index < -0.39 is 29.0 Å². The summed E-state index contributed by atoms with van der Waals surface area (Å²) in [6.07, 6.45) is 1.94. The fraction of sp³-hybridized carbons (Fsp3) is 0.273. The Hall–Kier alpha value is -3.39. The average Bonchev–Trinajstić information content (AvgIpc) is 2.74. The minimum absolute atomic E-state index is 0.365. The highest BCUT2D eigenvalue weighted by Gasteiger charge is 2.29. The molecule has 160 valence electrons. The van der Waals surface area contributed by atoms with Gasteiger partial charge in [0.05, 0.1) is 18.8 Å². The lowest BCUT2D eigenvalue weighted by atomic mass is 9.87. The number of methoxy groups -OCH3 is 1. The number of aryl methyl sites for hydroxylation is 1. The van der Waals surface area contributed by atoms with E-state index in [1.54, 1.807) is 37.3 Å². The van der Waals surface area contributed by atoms with Crippen LogP contribution in [0.3, 0.4) is 0 Å². The Bertz CT molecular complexity index is 1310. The summed E-state index contributed by atoms with van der Waals surface area (Å²) in [6, 6.07) is 9.66. The number of aromatic nitrogens is 3. The summed E-state index contributed by atoms with van der Waals surface area (Å²) < 4.78 is 7.16. The topological polar surface area (TPSA) is 103 Å². The van der Waals surface area contributed by atoms with Crippen molar-refractivity contribution in [1.29, 1.82) is 0 Å². The summed E-state index contributed by atoms with van der Waals surface area (Å²) in [5.74, 6) is -0.919. The molecule has 9 heteroatoms. The number of aromatic carboxylic acids is 1. The zero-order valence-corrected chi connectivity index (χ0v) is 17.7. The standard InChI is InChI=1S/C22H20ClN3O5/c1-12-11-13(31-2)9-10-17(12)26-22(30)25(20(27)19(24-26)21(28)29)18-8-4-5-14-15(18)6-3-7-16(14)23/h3,6-7,9-11,18H,4-5,8H2,1-2H3,(H,28,29). The molecule has 0 radical (unpaired) electrons. The smallest absolute Gasteiger partial charge is 0.362 e. The molecule has 1 heterocycles. The quantitative estimate of drug-likeness (QED) is 0.667. The predicted octanol–water partition coefficient (Wildman–Crippen LogP) is 2.99. The highest BCUT2D eigenvalue weighted by atomic mass is 35.5. The molecule has 1 atom stereocenters. The fourth-order valence-corrected chi connectivity index (χ4v) is 4.37. The van der Waals surface area contributed by atoms with E-state index in [1.807, 2.05) is 6.07 Å². The summed E-state index contributed by atoms with van der Waals surface area (Å²) in [5, 5.41) is 14.1. The fourth-order valence-electron chi connectivity index (χ4n) is 4.09. The zero-order chi connectivity index (χ0) is 22.3. The van der Waals surface area contributed by atoms with Gasteiger partial charge in [0, 0.05) is 5.02 Å². The molecular formula is C22H20ClN3O5. The minimum Gasteiger partial charge on any atom is -0.497 e. The number of carbonyl (C=O) groups is 1. The third-order valence-corrected chi connectivity index (χ3v) is 5.93. The molecule has 3 aromatic rings. The molecule has 2 aromatic carbocycles. The molecule has 0 saturated heterocycles. The van der Waals surface area contributed by atoms with E-state index in [0.29, 0.717) is 34.9 Å². The van der Waals surface area contributed by atoms with Crippen LogP contribution in [0, 0.1) is 6.92 Å². The van der Waals surface area contributed by atoms with Crippen LogP contribution >= 0.6 is 11.6 Å². The van der Waals surface area contributed by atoms with Gasteiger partial charge in [-0.1, -0.05) is 23.7 Å². The molecule has 1 aromatic heterocycles. The number of halogens is 1. The van der Waals surface area contributed by atoms with E-state index in [1.165, 1.54) is 7.11 Å². The van der Waals surface area contributed by atoms with Gasteiger partial charge in [0.25, 0.3) is 5.56 Å². The van der Waals surface area contributed by atoms with Gasteiger partial charge >= 0.3 is 11.7 Å². The van der Waals surface area contributed by atoms with Crippen molar-refractivity contribution in [3.05, 3.63) is 84.6 Å². The van der Waals surface area contributed by atoms with Gasteiger partial charge in [0.15, 0.2) is 0 Å². The molecule has 31 heavy (non-hydrogen) atoms. The number of carboxylic acids is 1. The van der Waals surface area contributed by atoms with Crippen LogP contribution in [0.1, 0.15) is 46.1 Å². The van der Waals surface area contributed by atoms with Crippen LogP contribution in [0.5, 0.6) is 5.75 Å². The largest absolute Gasteiger partial charge is 0.497 e. The summed E-state index contributed by atoms with van der Waals surface area (Å²) in [5.41, 5.74) is 0.264. The van der Waals surface area contributed by atoms with Crippen molar-refractivity contribution in [2.24, 2.45) is 0 Å². The van der Waals surface area contributed by atoms with E-state index in [4.69, 9.17) is 16.3 Å². The van der Waals surface area contributed by atoms with Crippen LogP contribution in [0.2, 0.25) is 5.02 Å². The maximum atomic E-state index is 13.5. The second-order valence-electron chi connectivity index (χ2n) is 7.39. The van der Waals surface area contributed by atoms with E-state index in [9.17, 15) is 19.5 Å². The lowest BCUT2D eigenvalue weighted by Gasteiger charge is -2.27. The van der Waals surface area contributed by atoms with Gasteiger partial charge in [0.2, 0.25) is 5.69 Å². The third-order valence-electron chi connectivity index (χ3n) is 5.57. The maximum absolute atomic E-state index is 13.5. The van der Waals surface area contributed by atoms with Crippen LogP contribution in [0.4, 0.5) is 0 Å². The van der Waals surface area contributed by atoms with Crippen LogP contribution < -0.4 is 16.0 Å². The van der Waals surface area contributed by atoms with Crippen molar-refractivity contribution >= 4 is 17.6 Å². The number of carboxylic acid groups (broad SMARTS) is 1. The normalized spacial score (nSPS) is 15.4. The summed E-state index contributed by atoms with van der Waals surface area (Å²) >= 11 is 6.34. The Balaban J connectivity index is 2.01. The molecular weight excluding hydrogens is 422 g/mol. The Morgan fingerprint density at radius 2 is 2.03 bits per heavy atom. The Kier molecular flexibility index (Phi) is 5.41. The van der Waals surface area contributed by atoms with Crippen LogP contribution in [-0.2, 0) is 6.42 Å². The number of benzene rings is 2. The van der Waals surface area contributed by atoms with Gasteiger partial charge in [-0.3, -0.25) is 4.79 Å². The first-order valence-electron chi connectivity index (χ1n) is 9.75. The molecule has 0 fully saturated rings. The van der Waals surface area contributed by atoms with Gasteiger partial charge in [-0.2, -0.15) is 9.78 Å². The second kappa shape index (κ2) is 8.03. The first-order chi connectivity index (χ1) is 14.8. The molecule has 0 aliphatic heterocycles. The van der Waals surface area contributed by atoms with Gasteiger partial charge in [-0.25, -0.2) is 14.2 Å². The second-order valence-corrected chi connectivity index (χ2v) is 7.80. The molecule has 1 N–H and O–H groups in total. The van der Waals surface area contributed by atoms with Gasteiger partial charge in [-0.15, -0.1) is 0 Å². The van der Waals surface area contributed by atoms with Crippen molar-refractivity contribution in [2.45, 2.75) is 32.2 Å². The van der Waals surface area contributed by atoms with E-state index in [0.717, 1.165) is 26.8 Å². The van der Waals surface area contributed by atoms with Gasteiger partial charge in [0.1, 0.15) is 5.75 Å². The molecule has 1 aliphatic rings. The van der Waals surface area contributed by atoms with Crippen molar-refractivity contribution in [2.75, 3.05) is 7.11 Å². The van der Waals surface area contributed by atoms with Crippen LogP contribution in [0.15, 0.2) is 46.0 Å². The first-order valence-corrected chi connectivity index (χ1v) is 10.1. The SMILES string of the molecule is COc1ccc(-n2nc(C(=O)O)c(=O)n(C3CCCc4c(Cl)cccc43)c2=O)c(C)c1. The number of nitrogens with zero attached hydrogens (tertiary/aromatic N) is 3. The highest BCUT2D eigenvalue weighted by molar-refractivity contribution is 6.31. The van der Waals surface area contributed by atoms with Gasteiger partial charge < -0.3 is 9.84 Å². The zero-order valence-electron chi connectivity index (χ0n) is 17.0. The monoisotopic (exact) mass is 441 g/mol.